The second-order valence-electron chi connectivity index (χ2n) is 4.92. The topological polar surface area (TPSA) is 51.0 Å². The Hall–Kier alpha value is -2.83. The van der Waals surface area contributed by atoms with Crippen molar-refractivity contribution >= 4 is 11.7 Å². The molecular weight excluding hydrogens is 307 g/mol. The van der Waals surface area contributed by atoms with Crippen LogP contribution in [-0.2, 0) is 6.18 Å². The van der Waals surface area contributed by atoms with Gasteiger partial charge >= 0.3 is 6.18 Å². The van der Waals surface area contributed by atoms with Crippen LogP contribution in [0.3, 0.4) is 0 Å². The van der Waals surface area contributed by atoms with Gasteiger partial charge in [0.1, 0.15) is 0 Å². The summed E-state index contributed by atoms with van der Waals surface area (Å²) >= 11 is 0. The van der Waals surface area contributed by atoms with Gasteiger partial charge in [-0.25, -0.2) is 4.98 Å². The van der Waals surface area contributed by atoms with Gasteiger partial charge in [-0.3, -0.25) is 4.98 Å². The molecule has 1 aromatic carbocycles. The second-order valence-corrected chi connectivity index (χ2v) is 4.92. The molecule has 23 heavy (non-hydrogen) atoms. The molecule has 0 atom stereocenters. The summed E-state index contributed by atoms with van der Waals surface area (Å²) in [7, 11) is 0. The standard InChI is InChI=1S/C16H12F3N3O/c1-10-2-7-13(8-20-10)22-15-21-9-14(23-15)11-3-5-12(6-4-11)16(17,18)19/h2-9H,1H3,(H,21,22). The Morgan fingerprint density at radius 3 is 2.30 bits per heavy atom. The molecule has 4 nitrogen and oxygen atoms in total. The van der Waals surface area contributed by atoms with Crippen LogP contribution < -0.4 is 5.32 Å². The zero-order chi connectivity index (χ0) is 16.4. The van der Waals surface area contributed by atoms with Gasteiger partial charge in [-0.15, -0.1) is 0 Å². The lowest BCUT2D eigenvalue weighted by molar-refractivity contribution is -0.137. The van der Waals surface area contributed by atoms with Gasteiger partial charge in [-0.05, 0) is 31.2 Å². The average molecular weight is 319 g/mol. The highest BCUT2D eigenvalue weighted by Crippen LogP contribution is 2.31. The molecule has 2 aromatic heterocycles. The number of oxazole rings is 1. The molecule has 0 bridgehead atoms. The van der Waals surface area contributed by atoms with Gasteiger partial charge in [0, 0.05) is 11.3 Å². The number of alkyl halides is 3. The normalized spacial score (nSPS) is 11.5. The minimum absolute atomic E-state index is 0.241. The van der Waals surface area contributed by atoms with Crippen molar-refractivity contribution in [1.82, 2.24) is 9.97 Å². The van der Waals surface area contributed by atoms with Crippen molar-refractivity contribution in [3.05, 3.63) is 60.0 Å². The van der Waals surface area contributed by atoms with Crippen molar-refractivity contribution in [2.75, 3.05) is 5.32 Å². The number of aryl methyl sites for hydroxylation is 1. The summed E-state index contributed by atoms with van der Waals surface area (Å²) in [5.74, 6) is 0.376. The molecule has 0 aliphatic carbocycles. The van der Waals surface area contributed by atoms with E-state index in [0.29, 0.717) is 17.0 Å². The Bertz CT molecular complexity index is 793. The van der Waals surface area contributed by atoms with E-state index in [-0.39, 0.29) is 6.01 Å². The van der Waals surface area contributed by atoms with Crippen molar-refractivity contribution in [2.24, 2.45) is 0 Å². The summed E-state index contributed by atoms with van der Waals surface area (Å²) in [5.41, 5.74) is 1.40. The Morgan fingerprint density at radius 2 is 1.70 bits per heavy atom. The minimum Gasteiger partial charge on any atom is -0.423 e. The van der Waals surface area contributed by atoms with E-state index in [9.17, 15) is 13.2 Å². The van der Waals surface area contributed by atoms with Crippen LogP contribution in [0.1, 0.15) is 11.3 Å². The highest BCUT2D eigenvalue weighted by molar-refractivity contribution is 5.59. The number of anilines is 2. The maximum atomic E-state index is 12.5. The lowest BCUT2D eigenvalue weighted by Crippen LogP contribution is -2.03. The number of nitrogens with one attached hydrogen (secondary N) is 1. The SMILES string of the molecule is Cc1ccc(Nc2ncc(-c3ccc(C(F)(F)F)cc3)o2)cn1. The van der Waals surface area contributed by atoms with Crippen molar-refractivity contribution in [1.29, 1.82) is 0 Å². The third-order valence-corrected chi connectivity index (χ3v) is 3.17. The van der Waals surface area contributed by atoms with Gasteiger partial charge in [0.05, 0.1) is 23.6 Å². The van der Waals surface area contributed by atoms with Gasteiger partial charge in [0.15, 0.2) is 5.76 Å². The first kappa shape index (κ1) is 15.1. The van der Waals surface area contributed by atoms with Crippen LogP contribution in [0.2, 0.25) is 0 Å². The third kappa shape index (κ3) is 3.50. The lowest BCUT2D eigenvalue weighted by Gasteiger charge is -2.06. The van der Waals surface area contributed by atoms with E-state index < -0.39 is 11.7 Å². The van der Waals surface area contributed by atoms with Crippen LogP contribution >= 0.6 is 0 Å². The summed E-state index contributed by atoms with van der Waals surface area (Å²) in [5, 5.41) is 2.94. The predicted octanol–water partition coefficient (Wildman–Crippen LogP) is 4.81. The van der Waals surface area contributed by atoms with Gasteiger partial charge in [0.25, 0.3) is 6.01 Å². The monoisotopic (exact) mass is 319 g/mol. The van der Waals surface area contributed by atoms with E-state index in [0.717, 1.165) is 17.8 Å². The van der Waals surface area contributed by atoms with E-state index in [1.165, 1.54) is 18.3 Å². The molecule has 118 valence electrons. The number of benzene rings is 1. The third-order valence-electron chi connectivity index (χ3n) is 3.17. The maximum Gasteiger partial charge on any atom is 0.416 e. The highest BCUT2D eigenvalue weighted by Gasteiger charge is 2.30. The first-order valence-electron chi connectivity index (χ1n) is 6.75. The molecule has 0 radical (unpaired) electrons. The Balaban J connectivity index is 1.77. The number of hydrogen-bond donors (Lipinski definition) is 1. The molecule has 7 heteroatoms. The van der Waals surface area contributed by atoms with E-state index in [2.05, 4.69) is 15.3 Å². The van der Waals surface area contributed by atoms with Crippen LogP contribution in [0.15, 0.2) is 53.2 Å². The number of aromatic nitrogens is 2. The molecule has 3 aromatic rings. The molecule has 1 N–H and O–H groups in total. The summed E-state index contributed by atoms with van der Waals surface area (Å²) in [4.78, 5) is 8.19. The van der Waals surface area contributed by atoms with Crippen molar-refractivity contribution in [3.8, 4) is 11.3 Å². The molecule has 2 heterocycles. The van der Waals surface area contributed by atoms with Crippen LogP contribution in [0.5, 0.6) is 0 Å². The predicted molar refractivity (Wildman–Crippen MR) is 79.2 cm³/mol. The zero-order valence-electron chi connectivity index (χ0n) is 12.1. The van der Waals surface area contributed by atoms with Gasteiger partial charge in [0.2, 0.25) is 0 Å². The van der Waals surface area contributed by atoms with E-state index in [1.807, 2.05) is 19.1 Å². The van der Waals surface area contributed by atoms with Crippen molar-refractivity contribution in [2.45, 2.75) is 13.1 Å². The quantitative estimate of drug-likeness (QED) is 0.753. The summed E-state index contributed by atoms with van der Waals surface area (Å²) in [6.07, 6.45) is -1.27. The number of nitrogens with zero attached hydrogens (tertiary/aromatic N) is 2. The molecule has 3 rings (SSSR count). The van der Waals surface area contributed by atoms with E-state index in [4.69, 9.17) is 4.42 Å². The lowest BCUT2D eigenvalue weighted by atomic mass is 10.1. The molecule has 0 spiro atoms. The van der Waals surface area contributed by atoms with Crippen molar-refractivity contribution < 1.29 is 17.6 Å². The molecule has 0 saturated heterocycles. The summed E-state index contributed by atoms with van der Waals surface area (Å²) in [6, 6.07) is 8.61. The minimum atomic E-state index is -4.36. The Morgan fingerprint density at radius 1 is 0.957 bits per heavy atom. The largest absolute Gasteiger partial charge is 0.423 e. The first-order valence-corrected chi connectivity index (χ1v) is 6.75. The van der Waals surface area contributed by atoms with Gasteiger partial charge in [-0.1, -0.05) is 12.1 Å². The Labute approximate surface area is 130 Å². The summed E-state index contributed by atoms with van der Waals surface area (Å²) in [6.45, 7) is 1.87. The fraction of sp³-hybridized carbons (Fsp3) is 0.125. The summed E-state index contributed by atoms with van der Waals surface area (Å²) < 4.78 is 43.1. The molecule has 0 aliphatic heterocycles. The Kier molecular flexibility index (Phi) is 3.77. The highest BCUT2D eigenvalue weighted by atomic mass is 19.4. The van der Waals surface area contributed by atoms with E-state index >= 15 is 0 Å². The first-order chi connectivity index (χ1) is 10.9. The number of rotatable bonds is 3. The fourth-order valence-corrected chi connectivity index (χ4v) is 1.95. The van der Waals surface area contributed by atoms with E-state index in [1.54, 1.807) is 6.20 Å². The van der Waals surface area contributed by atoms with Crippen LogP contribution in [-0.4, -0.2) is 9.97 Å². The fourth-order valence-electron chi connectivity index (χ4n) is 1.95. The second kappa shape index (κ2) is 5.75. The maximum absolute atomic E-state index is 12.5. The molecule has 0 saturated carbocycles. The molecular formula is C16H12F3N3O. The average Bonchev–Trinajstić information content (AvgIpc) is 2.97. The zero-order valence-corrected chi connectivity index (χ0v) is 12.1. The number of hydrogen-bond acceptors (Lipinski definition) is 4. The van der Waals surface area contributed by atoms with Crippen LogP contribution in [0.4, 0.5) is 24.9 Å². The molecule has 0 amide bonds. The van der Waals surface area contributed by atoms with Crippen LogP contribution in [0.25, 0.3) is 11.3 Å². The van der Waals surface area contributed by atoms with Crippen molar-refractivity contribution in [3.63, 3.8) is 0 Å². The number of halogens is 3. The smallest absolute Gasteiger partial charge is 0.416 e. The molecule has 0 fully saturated rings. The molecule has 0 unspecified atom stereocenters. The van der Waals surface area contributed by atoms with Crippen LogP contribution in [0, 0.1) is 6.92 Å². The van der Waals surface area contributed by atoms with Gasteiger partial charge in [-0.2, -0.15) is 13.2 Å². The molecule has 0 aliphatic rings. The number of pyridine rings is 1. The van der Waals surface area contributed by atoms with Gasteiger partial charge < -0.3 is 9.73 Å².